The molecule has 0 N–H and O–H groups in total. The van der Waals surface area contributed by atoms with Crippen LogP contribution in [-0.4, -0.2) is 19.5 Å². The van der Waals surface area contributed by atoms with Crippen LogP contribution in [0.15, 0.2) is 174 Å². The average molecular weight is 646 g/mol. The molecule has 10 aromatic rings. The molecule has 0 spiro atoms. The highest BCUT2D eigenvalue weighted by Gasteiger charge is 2.23. The van der Waals surface area contributed by atoms with Gasteiger partial charge >= 0.3 is 0 Å². The van der Waals surface area contributed by atoms with Crippen LogP contribution in [0.4, 0.5) is 0 Å². The van der Waals surface area contributed by atoms with E-state index in [2.05, 4.69) is 28.8 Å². The van der Waals surface area contributed by atoms with Gasteiger partial charge in [0.2, 0.25) is 0 Å². The molecule has 0 amide bonds. The van der Waals surface area contributed by atoms with Gasteiger partial charge in [-0.2, -0.15) is 0 Å². The van der Waals surface area contributed by atoms with E-state index < -0.39 is 18.1 Å². The van der Waals surface area contributed by atoms with Crippen LogP contribution in [0.3, 0.4) is 0 Å². The van der Waals surface area contributed by atoms with Crippen molar-refractivity contribution in [2.45, 2.75) is 0 Å². The first kappa shape index (κ1) is 23.5. The Morgan fingerprint density at radius 3 is 1.62 bits per heavy atom. The summed E-state index contributed by atoms with van der Waals surface area (Å²) in [5.41, 5.74) is 6.02. The number of hydrogen-bond acceptors (Lipinski definition) is 4. The summed E-state index contributed by atoms with van der Waals surface area (Å²) in [6.45, 7) is 0. The van der Waals surface area contributed by atoms with Gasteiger partial charge in [-0.15, -0.1) is 0 Å². The quantitative estimate of drug-likeness (QED) is 0.187. The molecular formula is C45H28N4O. The SMILES string of the molecule is [2H]c1c([2H])c([2H])c(-c2c(-c3nc(-c4ccccc4)nc(-c4ccccc4)n3)ccc3c2oc2c(-n4c5ccccc5c5ccccc54)cccc23)c([2H])c1[2H]. The van der Waals surface area contributed by atoms with E-state index in [0.29, 0.717) is 39.3 Å². The number of hydrogen-bond donors (Lipinski definition) is 0. The lowest BCUT2D eigenvalue weighted by molar-refractivity contribution is 0.667. The molecule has 50 heavy (non-hydrogen) atoms. The highest BCUT2D eigenvalue weighted by atomic mass is 16.3. The van der Waals surface area contributed by atoms with Crippen molar-refractivity contribution in [2.75, 3.05) is 0 Å². The molecule has 0 aliphatic carbocycles. The minimum Gasteiger partial charge on any atom is -0.453 e. The molecule has 234 valence electrons. The van der Waals surface area contributed by atoms with Crippen LogP contribution in [0.25, 0.3) is 94.7 Å². The van der Waals surface area contributed by atoms with Gasteiger partial charge in [-0.25, -0.2) is 15.0 Å². The van der Waals surface area contributed by atoms with Gasteiger partial charge < -0.3 is 8.98 Å². The predicted molar refractivity (Wildman–Crippen MR) is 203 cm³/mol. The van der Waals surface area contributed by atoms with Crippen molar-refractivity contribution >= 4 is 43.7 Å². The molecule has 0 unspecified atom stereocenters. The van der Waals surface area contributed by atoms with Crippen molar-refractivity contribution in [2.24, 2.45) is 0 Å². The molecule has 10 rings (SSSR count). The van der Waals surface area contributed by atoms with Crippen LogP contribution in [0, 0.1) is 0 Å². The van der Waals surface area contributed by atoms with Crippen LogP contribution >= 0.6 is 0 Å². The third-order valence-electron chi connectivity index (χ3n) is 9.16. The Hall–Kier alpha value is -6.85. The first-order valence-electron chi connectivity index (χ1n) is 18.8. The van der Waals surface area contributed by atoms with Crippen LogP contribution in [0.2, 0.25) is 0 Å². The molecule has 0 saturated heterocycles. The third-order valence-corrected chi connectivity index (χ3v) is 9.16. The zero-order valence-electron chi connectivity index (χ0n) is 31.5. The molecule has 0 aliphatic rings. The molecule has 0 aliphatic heterocycles. The first-order chi connectivity index (χ1) is 26.9. The first-order valence-corrected chi connectivity index (χ1v) is 16.3. The van der Waals surface area contributed by atoms with Crippen molar-refractivity contribution < 1.29 is 11.3 Å². The summed E-state index contributed by atoms with van der Waals surface area (Å²) >= 11 is 0. The van der Waals surface area contributed by atoms with E-state index in [1.54, 1.807) is 0 Å². The minimum absolute atomic E-state index is 0.00740. The summed E-state index contributed by atoms with van der Waals surface area (Å²) in [7, 11) is 0. The molecule has 0 radical (unpaired) electrons. The fourth-order valence-corrected chi connectivity index (χ4v) is 6.94. The van der Waals surface area contributed by atoms with E-state index in [1.807, 2.05) is 115 Å². The Bertz CT molecular complexity index is 3020. The molecule has 5 nitrogen and oxygen atoms in total. The predicted octanol–water partition coefficient (Wildman–Crippen LogP) is 11.5. The number of nitrogens with zero attached hydrogens (tertiary/aromatic N) is 4. The van der Waals surface area contributed by atoms with Gasteiger partial charge in [0, 0.05) is 43.8 Å². The molecule has 3 aromatic heterocycles. The third kappa shape index (κ3) is 4.45. The second-order valence-electron chi connectivity index (χ2n) is 12.0. The Morgan fingerprint density at radius 1 is 0.440 bits per heavy atom. The van der Waals surface area contributed by atoms with Crippen molar-refractivity contribution in [3.8, 4) is 51.0 Å². The largest absolute Gasteiger partial charge is 0.453 e. The number of rotatable bonds is 5. The molecule has 0 bridgehead atoms. The number of para-hydroxylation sites is 3. The van der Waals surface area contributed by atoms with Crippen LogP contribution in [0.5, 0.6) is 0 Å². The van der Waals surface area contributed by atoms with E-state index >= 15 is 0 Å². The standard InChI is InChI=1S/C45H28N4O/c1-4-15-29(16-5-1)40-36(45-47-43(30-17-6-2-7-18-30)46-44(48-45)31-19-8-3-9-20-31)28-27-35-34-23-14-26-39(41(34)50-42(35)40)49-37-24-12-10-21-32(37)33-22-11-13-25-38(33)49/h1-28H/i1D,4D,5D,15D,16D. The summed E-state index contributed by atoms with van der Waals surface area (Å²) in [6.07, 6.45) is 0. The summed E-state index contributed by atoms with van der Waals surface area (Å²) in [6, 6.07) is 43.3. The summed E-state index contributed by atoms with van der Waals surface area (Å²) in [5, 5.41) is 3.72. The Balaban J connectivity index is 1.33. The van der Waals surface area contributed by atoms with Gasteiger partial charge in [-0.1, -0.05) is 139 Å². The number of benzene rings is 7. The van der Waals surface area contributed by atoms with Crippen molar-refractivity contribution in [1.82, 2.24) is 19.5 Å². The molecule has 5 heteroatoms. The lowest BCUT2D eigenvalue weighted by atomic mass is 9.96. The average Bonchev–Trinajstić information content (AvgIpc) is 3.79. The lowest BCUT2D eigenvalue weighted by Gasteiger charge is -2.12. The zero-order valence-corrected chi connectivity index (χ0v) is 26.5. The zero-order chi connectivity index (χ0) is 37.4. The van der Waals surface area contributed by atoms with Gasteiger partial charge in [0.25, 0.3) is 0 Å². The summed E-state index contributed by atoms with van der Waals surface area (Å²) < 4.78 is 53.2. The highest BCUT2D eigenvalue weighted by molar-refractivity contribution is 6.16. The van der Waals surface area contributed by atoms with Crippen molar-refractivity contribution in [3.63, 3.8) is 0 Å². The summed E-state index contributed by atoms with van der Waals surface area (Å²) in [5.74, 6) is 1.11. The topological polar surface area (TPSA) is 56.7 Å². The maximum absolute atomic E-state index is 9.16. The Morgan fingerprint density at radius 2 is 0.980 bits per heavy atom. The van der Waals surface area contributed by atoms with Gasteiger partial charge in [0.15, 0.2) is 23.1 Å². The molecule has 0 saturated carbocycles. The highest BCUT2D eigenvalue weighted by Crippen LogP contribution is 2.44. The maximum Gasteiger partial charge on any atom is 0.164 e. The van der Waals surface area contributed by atoms with E-state index in [4.69, 9.17) is 26.2 Å². The van der Waals surface area contributed by atoms with Crippen molar-refractivity contribution in [3.05, 3.63) is 170 Å². The van der Waals surface area contributed by atoms with Gasteiger partial charge in [-0.3, -0.25) is 0 Å². The van der Waals surface area contributed by atoms with Crippen LogP contribution in [-0.2, 0) is 0 Å². The van der Waals surface area contributed by atoms with E-state index in [0.717, 1.165) is 44.0 Å². The molecule has 3 heterocycles. The van der Waals surface area contributed by atoms with Crippen LogP contribution < -0.4 is 0 Å². The molecule has 0 fully saturated rings. The number of furan rings is 1. The van der Waals surface area contributed by atoms with E-state index in [9.17, 15) is 0 Å². The fourth-order valence-electron chi connectivity index (χ4n) is 6.94. The van der Waals surface area contributed by atoms with Gasteiger partial charge in [0.1, 0.15) is 5.58 Å². The molecule has 0 atom stereocenters. The number of fused-ring (bicyclic) bond motifs is 6. The molecule has 7 aromatic carbocycles. The fraction of sp³-hybridized carbons (Fsp3) is 0. The van der Waals surface area contributed by atoms with Crippen LogP contribution in [0.1, 0.15) is 6.85 Å². The lowest BCUT2D eigenvalue weighted by Crippen LogP contribution is -2.01. The van der Waals surface area contributed by atoms with E-state index in [-0.39, 0.29) is 23.5 Å². The smallest absolute Gasteiger partial charge is 0.164 e. The number of aromatic nitrogens is 4. The van der Waals surface area contributed by atoms with Crippen molar-refractivity contribution in [1.29, 1.82) is 0 Å². The monoisotopic (exact) mass is 645 g/mol. The summed E-state index contributed by atoms with van der Waals surface area (Å²) in [4.78, 5) is 14.8. The second kappa shape index (κ2) is 11.4. The Labute approximate surface area is 294 Å². The maximum atomic E-state index is 9.16. The van der Waals surface area contributed by atoms with Gasteiger partial charge in [-0.05, 0) is 35.9 Å². The Kier molecular flexibility index (Phi) is 5.35. The molecular weight excluding hydrogens is 613 g/mol. The normalized spacial score (nSPS) is 13.0. The second-order valence-corrected chi connectivity index (χ2v) is 12.0. The van der Waals surface area contributed by atoms with Gasteiger partial charge in [0.05, 0.1) is 23.6 Å². The minimum atomic E-state index is -0.483. The van der Waals surface area contributed by atoms with E-state index in [1.165, 1.54) is 0 Å².